The topological polar surface area (TPSA) is 106 Å². The normalized spacial score (nSPS) is 15.3. The molecule has 38 heavy (non-hydrogen) atoms. The highest BCUT2D eigenvalue weighted by molar-refractivity contribution is 7.17. The van der Waals surface area contributed by atoms with Crippen molar-refractivity contribution in [3.8, 4) is 5.75 Å². The fourth-order valence-electron chi connectivity index (χ4n) is 4.01. The van der Waals surface area contributed by atoms with Crippen molar-refractivity contribution in [2.45, 2.75) is 19.9 Å². The second-order valence-electron chi connectivity index (χ2n) is 8.25. The van der Waals surface area contributed by atoms with E-state index in [0.717, 1.165) is 16.9 Å². The lowest BCUT2D eigenvalue weighted by atomic mass is 9.95. The molecule has 1 amide bonds. The van der Waals surface area contributed by atoms with Crippen LogP contribution >= 0.6 is 11.3 Å². The zero-order valence-electron chi connectivity index (χ0n) is 20.9. The summed E-state index contributed by atoms with van der Waals surface area (Å²) >= 11 is 0.945. The molecule has 9 heteroatoms. The van der Waals surface area contributed by atoms with E-state index >= 15 is 0 Å². The fraction of sp³-hybridized carbons (Fsp3) is 0.172. The molecule has 1 N–H and O–H groups in total. The predicted molar refractivity (Wildman–Crippen MR) is 145 cm³/mol. The van der Waals surface area contributed by atoms with Crippen LogP contribution in [0.5, 0.6) is 5.75 Å². The molecule has 0 radical (unpaired) electrons. The van der Waals surface area contributed by atoms with Crippen molar-refractivity contribution in [1.29, 1.82) is 0 Å². The number of carbonyl (C=O) groups is 3. The summed E-state index contributed by atoms with van der Waals surface area (Å²) in [4.78, 5) is 45.2. The van der Waals surface area contributed by atoms with E-state index < -0.39 is 29.5 Å². The summed E-state index contributed by atoms with van der Waals surface area (Å²) in [5, 5.41) is 11.1. The number of ether oxygens (including phenoxy) is 2. The summed E-state index contributed by atoms with van der Waals surface area (Å²) < 4.78 is 10.8. The third-order valence-corrected chi connectivity index (χ3v) is 6.83. The van der Waals surface area contributed by atoms with E-state index in [1.807, 2.05) is 37.3 Å². The number of hydrogen-bond donors (Lipinski definition) is 1. The average Bonchev–Trinajstić information content (AvgIpc) is 3.43. The number of aliphatic hydroxyl groups is 1. The number of ketones is 1. The van der Waals surface area contributed by atoms with Gasteiger partial charge < -0.3 is 14.6 Å². The lowest BCUT2D eigenvalue weighted by molar-refractivity contribution is -0.117. The van der Waals surface area contributed by atoms with Gasteiger partial charge in [0.1, 0.15) is 17.2 Å². The predicted octanol–water partition coefficient (Wildman–Crippen LogP) is 5.38. The Bertz CT molecular complexity index is 1440. The van der Waals surface area contributed by atoms with Gasteiger partial charge in [0.2, 0.25) is 0 Å². The smallest absolute Gasteiger partial charge is 0.350 e. The van der Waals surface area contributed by atoms with Gasteiger partial charge in [0.15, 0.2) is 16.7 Å². The number of carbonyl (C=O) groups excluding carboxylic acids is 3. The van der Waals surface area contributed by atoms with Crippen molar-refractivity contribution < 1.29 is 29.0 Å². The third kappa shape index (κ3) is 5.42. The van der Waals surface area contributed by atoms with Crippen molar-refractivity contribution in [2.75, 3.05) is 18.1 Å². The Morgan fingerprint density at radius 3 is 2.66 bits per heavy atom. The molecule has 0 saturated heterocycles. The average molecular weight is 531 g/mol. The maximum atomic E-state index is 13.4. The largest absolute Gasteiger partial charge is 0.503 e. The lowest BCUT2D eigenvalue weighted by Gasteiger charge is -2.24. The number of aryl methyl sites for hydroxylation is 1. The summed E-state index contributed by atoms with van der Waals surface area (Å²) in [7, 11) is 0. The van der Waals surface area contributed by atoms with Crippen LogP contribution in [0.25, 0.3) is 6.08 Å². The van der Waals surface area contributed by atoms with Crippen LogP contribution in [0.1, 0.15) is 39.5 Å². The van der Waals surface area contributed by atoms with Crippen LogP contribution < -0.4 is 9.64 Å². The Morgan fingerprint density at radius 2 is 1.95 bits per heavy atom. The van der Waals surface area contributed by atoms with Crippen LogP contribution in [0.3, 0.4) is 0 Å². The van der Waals surface area contributed by atoms with Crippen molar-refractivity contribution in [1.82, 2.24) is 4.98 Å². The number of amides is 1. The van der Waals surface area contributed by atoms with Crippen LogP contribution in [0.4, 0.5) is 5.13 Å². The van der Waals surface area contributed by atoms with Gasteiger partial charge in [-0.15, -0.1) is 0 Å². The molecule has 0 fully saturated rings. The Kier molecular flexibility index (Phi) is 8.18. The van der Waals surface area contributed by atoms with Crippen LogP contribution in [0.2, 0.25) is 0 Å². The summed E-state index contributed by atoms with van der Waals surface area (Å²) in [6.07, 6.45) is 4.39. The number of thiazole rings is 1. The number of nitrogens with zero attached hydrogens (tertiary/aromatic N) is 2. The van der Waals surface area contributed by atoms with Gasteiger partial charge >= 0.3 is 5.97 Å². The van der Waals surface area contributed by atoms with E-state index in [-0.39, 0.29) is 22.2 Å². The van der Waals surface area contributed by atoms with Gasteiger partial charge in [0.25, 0.3) is 5.91 Å². The quantitative estimate of drug-likeness (QED) is 0.213. The first-order chi connectivity index (χ1) is 18.3. The molecule has 0 bridgehead atoms. The SMILES string of the molecule is C=CCOC(=O)c1sc(N2C(=O)C(O)=C(C(=O)C=Cc3ccccc3)C2c2cccc(OCC)c2)nc1C. The van der Waals surface area contributed by atoms with Gasteiger partial charge in [-0.2, -0.15) is 0 Å². The zero-order chi connectivity index (χ0) is 27.2. The summed E-state index contributed by atoms with van der Waals surface area (Å²) in [5.74, 6) is -2.07. The van der Waals surface area contributed by atoms with E-state index in [4.69, 9.17) is 9.47 Å². The highest BCUT2D eigenvalue weighted by atomic mass is 32.1. The molecule has 1 aromatic heterocycles. The molecule has 1 unspecified atom stereocenters. The molecule has 0 spiro atoms. The molecule has 2 aromatic carbocycles. The van der Waals surface area contributed by atoms with Gasteiger partial charge in [-0.05, 0) is 43.2 Å². The van der Waals surface area contributed by atoms with Crippen molar-refractivity contribution >= 4 is 40.2 Å². The van der Waals surface area contributed by atoms with Crippen LogP contribution in [0.15, 0.2) is 84.7 Å². The number of aromatic nitrogens is 1. The van der Waals surface area contributed by atoms with E-state index in [0.29, 0.717) is 23.6 Å². The van der Waals surface area contributed by atoms with Crippen LogP contribution in [-0.2, 0) is 14.3 Å². The van der Waals surface area contributed by atoms with Gasteiger partial charge in [-0.3, -0.25) is 14.5 Å². The fourth-order valence-corrected chi connectivity index (χ4v) is 5.00. The molecule has 3 aromatic rings. The molecule has 1 aliphatic heterocycles. The van der Waals surface area contributed by atoms with Gasteiger partial charge in [-0.25, -0.2) is 9.78 Å². The molecular weight excluding hydrogens is 504 g/mol. The van der Waals surface area contributed by atoms with E-state index in [1.165, 1.54) is 17.1 Å². The van der Waals surface area contributed by atoms with E-state index in [2.05, 4.69) is 11.6 Å². The first-order valence-corrected chi connectivity index (χ1v) is 12.7. The molecule has 0 saturated carbocycles. The molecule has 0 aliphatic carbocycles. The number of anilines is 1. The van der Waals surface area contributed by atoms with Crippen LogP contribution in [0, 0.1) is 6.92 Å². The number of aliphatic hydroxyl groups excluding tert-OH is 1. The molecule has 1 atom stereocenters. The van der Waals surface area contributed by atoms with Crippen molar-refractivity contribution in [3.05, 3.63) is 106 Å². The number of esters is 1. The van der Waals surface area contributed by atoms with Gasteiger partial charge in [0.05, 0.1) is 23.9 Å². The van der Waals surface area contributed by atoms with Crippen LogP contribution in [-0.4, -0.2) is 41.0 Å². The Balaban J connectivity index is 1.79. The van der Waals surface area contributed by atoms with Crippen molar-refractivity contribution in [2.24, 2.45) is 0 Å². The first kappa shape index (κ1) is 26.6. The molecule has 8 nitrogen and oxygen atoms in total. The number of hydrogen-bond acceptors (Lipinski definition) is 8. The molecule has 1 aliphatic rings. The second kappa shape index (κ2) is 11.7. The molecule has 2 heterocycles. The maximum absolute atomic E-state index is 13.4. The Morgan fingerprint density at radius 1 is 1.18 bits per heavy atom. The highest BCUT2D eigenvalue weighted by Gasteiger charge is 2.45. The number of benzene rings is 2. The maximum Gasteiger partial charge on any atom is 0.350 e. The zero-order valence-corrected chi connectivity index (χ0v) is 21.7. The minimum Gasteiger partial charge on any atom is -0.503 e. The number of allylic oxidation sites excluding steroid dienone is 1. The molecule has 194 valence electrons. The van der Waals surface area contributed by atoms with Crippen molar-refractivity contribution in [3.63, 3.8) is 0 Å². The lowest BCUT2D eigenvalue weighted by Crippen LogP contribution is -2.30. The summed E-state index contributed by atoms with van der Waals surface area (Å²) in [6.45, 7) is 7.45. The Labute approximate surface area is 224 Å². The Hall–Kier alpha value is -4.50. The van der Waals surface area contributed by atoms with Gasteiger partial charge in [0, 0.05) is 0 Å². The monoisotopic (exact) mass is 530 g/mol. The summed E-state index contributed by atoms with van der Waals surface area (Å²) in [5.41, 5.74) is 1.58. The minimum atomic E-state index is -1.00. The van der Waals surface area contributed by atoms with E-state index in [1.54, 1.807) is 37.3 Å². The molecular formula is C29H26N2O6S. The third-order valence-electron chi connectivity index (χ3n) is 5.69. The number of rotatable bonds is 10. The summed E-state index contributed by atoms with van der Waals surface area (Å²) in [6, 6.07) is 15.1. The minimum absolute atomic E-state index is 0.0236. The standard InChI is InChI=1S/C29H26N2O6S/c1-4-16-37-28(35)26-18(3)30-29(38-26)31-24(20-12-9-13-21(17-20)36-5-2)23(25(33)27(31)34)22(32)15-14-19-10-7-6-8-11-19/h4,6-15,17,24,33H,1,5,16H2,2-3H3. The second-order valence-corrected chi connectivity index (χ2v) is 9.23. The first-order valence-electron chi connectivity index (χ1n) is 11.9. The highest BCUT2D eigenvalue weighted by Crippen LogP contribution is 2.43. The van der Waals surface area contributed by atoms with E-state index in [9.17, 15) is 19.5 Å². The van der Waals surface area contributed by atoms with Gasteiger partial charge in [-0.1, -0.05) is 72.5 Å². The molecule has 4 rings (SSSR count).